The second-order valence-electron chi connectivity index (χ2n) is 4.20. The normalized spacial score (nSPS) is 11.0. The minimum absolute atomic E-state index is 0.0138. The Kier molecular flexibility index (Phi) is 4.24. The van der Waals surface area contributed by atoms with E-state index in [4.69, 9.17) is 0 Å². The van der Waals surface area contributed by atoms with Gasteiger partial charge >= 0.3 is 0 Å². The van der Waals surface area contributed by atoms with Crippen molar-refractivity contribution >= 4 is 14.0 Å². The second kappa shape index (κ2) is 4.45. The highest BCUT2D eigenvalue weighted by molar-refractivity contribution is 6.77. The van der Waals surface area contributed by atoms with Gasteiger partial charge in [0.15, 0.2) is 0 Å². The van der Waals surface area contributed by atoms with Crippen LogP contribution in [0.15, 0.2) is 12.2 Å². The zero-order valence-electron chi connectivity index (χ0n) is 8.53. The van der Waals surface area contributed by atoms with Crippen molar-refractivity contribution in [3.05, 3.63) is 12.2 Å². The average molecular weight is 185 g/mol. The van der Waals surface area contributed by atoms with Gasteiger partial charge in [0.2, 0.25) is 5.91 Å². The van der Waals surface area contributed by atoms with Gasteiger partial charge in [0, 0.05) is 20.2 Å². The van der Waals surface area contributed by atoms with E-state index in [9.17, 15) is 4.79 Å². The van der Waals surface area contributed by atoms with Crippen molar-refractivity contribution in [2.24, 2.45) is 0 Å². The van der Waals surface area contributed by atoms with Crippen LogP contribution < -0.4 is 5.32 Å². The van der Waals surface area contributed by atoms with Gasteiger partial charge in [-0.1, -0.05) is 26.2 Å². The molecule has 0 aliphatic heterocycles. The van der Waals surface area contributed by atoms with Crippen LogP contribution >= 0.6 is 0 Å². The van der Waals surface area contributed by atoms with E-state index in [1.165, 1.54) is 0 Å². The first-order valence-electron chi connectivity index (χ1n) is 4.33. The Balaban J connectivity index is 3.97. The molecule has 0 aromatic heterocycles. The summed E-state index contributed by atoms with van der Waals surface area (Å²) < 4.78 is 0. The molecule has 0 aliphatic carbocycles. The van der Waals surface area contributed by atoms with Gasteiger partial charge in [0.05, 0.1) is 0 Å². The Labute approximate surface area is 76.1 Å². The molecule has 1 N–H and O–H groups in total. The Morgan fingerprint density at radius 1 is 1.42 bits per heavy atom. The van der Waals surface area contributed by atoms with Gasteiger partial charge in [-0.05, 0) is 13.0 Å². The summed E-state index contributed by atoms with van der Waals surface area (Å²) in [6.07, 6.45) is 0. The number of carbonyl (C=O) groups excluding carboxylic acids is 1. The van der Waals surface area contributed by atoms with Crippen LogP contribution in [0.3, 0.4) is 0 Å². The summed E-state index contributed by atoms with van der Waals surface area (Å²) in [5.41, 5.74) is 0.732. The second-order valence-corrected chi connectivity index (χ2v) is 9.68. The van der Waals surface area contributed by atoms with E-state index in [0.717, 1.165) is 11.6 Å². The van der Waals surface area contributed by atoms with Gasteiger partial charge in [-0.15, -0.1) is 0 Å². The van der Waals surface area contributed by atoms with Crippen molar-refractivity contribution in [3.63, 3.8) is 0 Å². The Morgan fingerprint density at radius 3 is 2.25 bits per heavy atom. The maximum Gasteiger partial charge on any atom is 0.246 e. The largest absolute Gasteiger partial charge is 0.353 e. The quantitative estimate of drug-likeness (QED) is 0.527. The SMILES string of the molecule is C=C(C[Si](C)(C)C)C(=O)NCC. The minimum Gasteiger partial charge on any atom is -0.353 e. The molecule has 0 atom stereocenters. The molecule has 0 aliphatic rings. The lowest BCUT2D eigenvalue weighted by Crippen LogP contribution is -2.29. The molecule has 12 heavy (non-hydrogen) atoms. The predicted octanol–water partition coefficient (Wildman–Crippen LogP) is 2.02. The maximum atomic E-state index is 11.2. The summed E-state index contributed by atoms with van der Waals surface area (Å²) in [7, 11) is -1.17. The van der Waals surface area contributed by atoms with Crippen LogP contribution in [0, 0.1) is 0 Å². The molecule has 0 aromatic carbocycles. The van der Waals surface area contributed by atoms with E-state index < -0.39 is 8.07 Å². The van der Waals surface area contributed by atoms with Crippen molar-refractivity contribution in [2.75, 3.05) is 6.54 Å². The first-order valence-corrected chi connectivity index (χ1v) is 8.03. The van der Waals surface area contributed by atoms with Crippen molar-refractivity contribution in [3.8, 4) is 0 Å². The third-order valence-electron chi connectivity index (χ3n) is 1.40. The highest BCUT2D eigenvalue weighted by atomic mass is 28.3. The molecular weight excluding hydrogens is 166 g/mol. The molecule has 0 heterocycles. The minimum atomic E-state index is -1.17. The van der Waals surface area contributed by atoms with Crippen molar-refractivity contribution < 1.29 is 4.79 Å². The predicted molar refractivity (Wildman–Crippen MR) is 56.0 cm³/mol. The van der Waals surface area contributed by atoms with Crippen LogP contribution in [0.2, 0.25) is 25.7 Å². The molecule has 0 radical (unpaired) electrons. The summed E-state index contributed by atoms with van der Waals surface area (Å²) in [4.78, 5) is 11.2. The molecule has 0 bridgehead atoms. The average Bonchev–Trinajstić information content (AvgIpc) is 1.84. The van der Waals surface area contributed by atoms with Gasteiger partial charge in [0.1, 0.15) is 0 Å². The summed E-state index contributed by atoms with van der Waals surface area (Å²) >= 11 is 0. The number of hydrogen-bond acceptors (Lipinski definition) is 1. The molecule has 1 amide bonds. The van der Waals surface area contributed by atoms with E-state index in [1.54, 1.807) is 0 Å². The first kappa shape index (κ1) is 11.4. The van der Waals surface area contributed by atoms with Crippen LogP contribution in [0.4, 0.5) is 0 Å². The van der Waals surface area contributed by atoms with Crippen LogP contribution in [0.1, 0.15) is 6.92 Å². The molecule has 0 rings (SSSR count). The molecule has 2 nitrogen and oxygen atoms in total. The smallest absolute Gasteiger partial charge is 0.246 e. The topological polar surface area (TPSA) is 29.1 Å². The van der Waals surface area contributed by atoms with Gasteiger partial charge in [-0.3, -0.25) is 4.79 Å². The molecule has 3 heteroatoms. The van der Waals surface area contributed by atoms with Crippen LogP contribution in [-0.2, 0) is 4.79 Å². The lowest BCUT2D eigenvalue weighted by Gasteiger charge is -2.16. The third kappa shape index (κ3) is 5.13. The maximum absolute atomic E-state index is 11.2. The molecule has 0 unspecified atom stereocenters. The zero-order chi connectivity index (χ0) is 9.78. The number of carbonyl (C=O) groups is 1. The lowest BCUT2D eigenvalue weighted by molar-refractivity contribution is -0.117. The highest BCUT2D eigenvalue weighted by Crippen LogP contribution is 2.14. The number of rotatable bonds is 4. The molecule has 0 saturated heterocycles. The van der Waals surface area contributed by atoms with Crippen LogP contribution in [0.5, 0.6) is 0 Å². The van der Waals surface area contributed by atoms with Gasteiger partial charge in [-0.25, -0.2) is 0 Å². The Hall–Kier alpha value is -0.573. The molecule has 0 fully saturated rings. The number of hydrogen-bond donors (Lipinski definition) is 1. The van der Waals surface area contributed by atoms with Crippen molar-refractivity contribution in [2.45, 2.75) is 32.6 Å². The number of likely N-dealkylation sites (N-methyl/N-ethyl adjacent to an activating group) is 1. The molecule has 0 saturated carbocycles. The number of amides is 1. The summed E-state index contributed by atoms with van der Waals surface area (Å²) in [5.74, 6) is 0.0138. The standard InChI is InChI=1S/C9H19NOSi/c1-6-10-9(11)8(2)7-12(3,4)5/h2,6-7H2,1,3-5H3,(H,10,11). The van der Waals surface area contributed by atoms with Crippen molar-refractivity contribution in [1.29, 1.82) is 0 Å². The fourth-order valence-corrected chi connectivity index (χ4v) is 2.45. The van der Waals surface area contributed by atoms with E-state index >= 15 is 0 Å². The summed E-state index contributed by atoms with van der Waals surface area (Å²) in [5, 5.41) is 2.75. The van der Waals surface area contributed by atoms with Gasteiger partial charge < -0.3 is 5.32 Å². The van der Waals surface area contributed by atoms with Crippen molar-refractivity contribution in [1.82, 2.24) is 5.32 Å². The summed E-state index contributed by atoms with van der Waals surface area (Å²) in [6.45, 7) is 13.1. The lowest BCUT2D eigenvalue weighted by atomic mass is 10.3. The fraction of sp³-hybridized carbons (Fsp3) is 0.667. The number of nitrogens with one attached hydrogen (secondary N) is 1. The fourth-order valence-electron chi connectivity index (χ4n) is 1.01. The summed E-state index contributed by atoms with van der Waals surface area (Å²) in [6, 6.07) is 0.888. The molecule has 0 spiro atoms. The van der Waals surface area contributed by atoms with Crippen LogP contribution in [0.25, 0.3) is 0 Å². The van der Waals surface area contributed by atoms with Crippen LogP contribution in [-0.4, -0.2) is 20.5 Å². The zero-order valence-corrected chi connectivity index (χ0v) is 9.53. The van der Waals surface area contributed by atoms with E-state index in [-0.39, 0.29) is 5.91 Å². The highest BCUT2D eigenvalue weighted by Gasteiger charge is 2.17. The Morgan fingerprint density at radius 2 is 1.92 bits per heavy atom. The van der Waals surface area contributed by atoms with E-state index in [2.05, 4.69) is 31.5 Å². The molecule has 0 aromatic rings. The van der Waals surface area contributed by atoms with Gasteiger partial charge in [0.25, 0.3) is 0 Å². The first-order chi connectivity index (χ1) is 5.37. The van der Waals surface area contributed by atoms with Gasteiger partial charge in [-0.2, -0.15) is 0 Å². The molecule has 70 valence electrons. The Bertz CT molecular complexity index is 181. The van der Waals surface area contributed by atoms with E-state index in [0.29, 0.717) is 6.54 Å². The van der Waals surface area contributed by atoms with E-state index in [1.807, 2.05) is 6.92 Å². The monoisotopic (exact) mass is 185 g/mol. The third-order valence-corrected chi connectivity index (χ3v) is 2.89. The molecular formula is C9H19NOSi.